The molecule has 3 rings (SSSR count). The fourth-order valence-electron chi connectivity index (χ4n) is 2.78. The number of carbonyl (C=O) groups excluding carboxylic acids is 1. The van der Waals surface area contributed by atoms with E-state index in [0.29, 0.717) is 32.9 Å². The van der Waals surface area contributed by atoms with Gasteiger partial charge in [0.15, 0.2) is 0 Å². The van der Waals surface area contributed by atoms with Crippen molar-refractivity contribution in [2.24, 2.45) is 5.10 Å². The smallest absolute Gasteiger partial charge is 0.271 e. The van der Waals surface area contributed by atoms with Crippen molar-refractivity contribution < 1.29 is 22.7 Å². The lowest BCUT2D eigenvalue weighted by atomic mass is 10.2. The Morgan fingerprint density at radius 3 is 2.62 bits per heavy atom. The van der Waals surface area contributed by atoms with Gasteiger partial charge in [-0.05, 0) is 55.0 Å². The molecule has 1 amide bonds. The summed E-state index contributed by atoms with van der Waals surface area (Å²) in [6.45, 7) is 3.81. The van der Waals surface area contributed by atoms with Crippen molar-refractivity contribution in [3.8, 4) is 5.75 Å². The van der Waals surface area contributed by atoms with Crippen LogP contribution in [0.5, 0.6) is 5.75 Å². The van der Waals surface area contributed by atoms with E-state index in [0.717, 1.165) is 11.3 Å². The van der Waals surface area contributed by atoms with Gasteiger partial charge >= 0.3 is 0 Å². The van der Waals surface area contributed by atoms with Crippen molar-refractivity contribution >= 4 is 22.1 Å². The quantitative estimate of drug-likeness (QED) is 0.548. The molecule has 1 heterocycles. The SMILES string of the molecule is CCOc1ccc(C=NNC(=O)c2cccc(S(=O)(=O)N3CCOCC3)c2)cc1. The number of hydrogen-bond acceptors (Lipinski definition) is 6. The highest BCUT2D eigenvalue weighted by molar-refractivity contribution is 7.89. The molecule has 0 unspecified atom stereocenters. The van der Waals surface area contributed by atoms with E-state index in [4.69, 9.17) is 9.47 Å². The monoisotopic (exact) mass is 417 g/mol. The molecule has 8 nitrogen and oxygen atoms in total. The zero-order valence-corrected chi connectivity index (χ0v) is 16.9. The summed E-state index contributed by atoms with van der Waals surface area (Å²) in [7, 11) is -3.67. The molecule has 154 valence electrons. The minimum absolute atomic E-state index is 0.0718. The lowest BCUT2D eigenvalue weighted by Crippen LogP contribution is -2.40. The minimum atomic E-state index is -3.67. The fourth-order valence-corrected chi connectivity index (χ4v) is 4.23. The summed E-state index contributed by atoms with van der Waals surface area (Å²) >= 11 is 0. The summed E-state index contributed by atoms with van der Waals surface area (Å²) in [5.41, 5.74) is 3.42. The van der Waals surface area contributed by atoms with Crippen LogP contribution in [0.15, 0.2) is 58.5 Å². The summed E-state index contributed by atoms with van der Waals surface area (Å²) in [6.07, 6.45) is 1.50. The van der Waals surface area contributed by atoms with Gasteiger partial charge in [-0.2, -0.15) is 9.41 Å². The number of benzene rings is 2. The summed E-state index contributed by atoms with van der Waals surface area (Å²) in [5, 5.41) is 3.93. The standard InChI is InChI=1S/C20H23N3O5S/c1-2-28-18-8-6-16(7-9-18)15-21-22-20(24)17-4-3-5-19(14-17)29(25,26)23-10-12-27-13-11-23/h3-9,14-15H,2,10-13H2,1H3,(H,22,24). The largest absolute Gasteiger partial charge is 0.494 e. The van der Waals surface area contributed by atoms with Gasteiger partial charge < -0.3 is 9.47 Å². The Hall–Kier alpha value is -2.75. The first-order chi connectivity index (χ1) is 14.0. The Kier molecular flexibility index (Phi) is 6.97. The van der Waals surface area contributed by atoms with Crippen molar-refractivity contribution in [1.29, 1.82) is 0 Å². The van der Waals surface area contributed by atoms with Crippen LogP contribution >= 0.6 is 0 Å². The number of rotatable bonds is 7. The second kappa shape index (κ2) is 9.64. The Morgan fingerprint density at radius 1 is 1.21 bits per heavy atom. The topological polar surface area (TPSA) is 97.3 Å². The Morgan fingerprint density at radius 2 is 1.93 bits per heavy atom. The van der Waals surface area contributed by atoms with E-state index in [1.807, 2.05) is 31.2 Å². The van der Waals surface area contributed by atoms with E-state index < -0.39 is 15.9 Å². The van der Waals surface area contributed by atoms with Crippen LogP contribution in [0.25, 0.3) is 0 Å². The van der Waals surface area contributed by atoms with Crippen molar-refractivity contribution in [3.05, 3.63) is 59.7 Å². The highest BCUT2D eigenvalue weighted by Gasteiger charge is 2.26. The van der Waals surface area contributed by atoms with E-state index in [2.05, 4.69) is 10.5 Å². The molecule has 0 aromatic heterocycles. The predicted octanol–water partition coefficient (Wildman–Crippen LogP) is 1.87. The maximum Gasteiger partial charge on any atom is 0.271 e. The average Bonchev–Trinajstić information content (AvgIpc) is 2.76. The second-order valence-electron chi connectivity index (χ2n) is 6.25. The third-order valence-electron chi connectivity index (χ3n) is 4.27. The van der Waals surface area contributed by atoms with Gasteiger partial charge in [-0.3, -0.25) is 4.79 Å². The van der Waals surface area contributed by atoms with Gasteiger partial charge in [-0.15, -0.1) is 0 Å². The molecule has 0 radical (unpaired) electrons. The molecule has 0 saturated carbocycles. The van der Waals surface area contributed by atoms with Gasteiger partial charge in [0, 0.05) is 18.7 Å². The van der Waals surface area contributed by atoms with Crippen LogP contribution in [-0.2, 0) is 14.8 Å². The number of nitrogens with zero attached hydrogens (tertiary/aromatic N) is 2. The molecule has 0 bridgehead atoms. The first-order valence-electron chi connectivity index (χ1n) is 9.25. The van der Waals surface area contributed by atoms with Crippen LogP contribution in [-0.4, -0.2) is 57.8 Å². The number of hydrogen-bond donors (Lipinski definition) is 1. The average molecular weight is 417 g/mol. The zero-order chi connectivity index (χ0) is 20.7. The van der Waals surface area contributed by atoms with Gasteiger partial charge in [-0.25, -0.2) is 13.8 Å². The second-order valence-corrected chi connectivity index (χ2v) is 8.18. The van der Waals surface area contributed by atoms with Crippen LogP contribution in [0.1, 0.15) is 22.8 Å². The first-order valence-corrected chi connectivity index (χ1v) is 10.7. The van der Waals surface area contributed by atoms with Gasteiger partial charge in [-0.1, -0.05) is 6.07 Å². The molecule has 1 aliphatic rings. The lowest BCUT2D eigenvalue weighted by molar-refractivity contribution is 0.0730. The van der Waals surface area contributed by atoms with Gasteiger partial charge in [0.05, 0.1) is 30.9 Å². The summed E-state index contributed by atoms with van der Waals surface area (Å²) in [4.78, 5) is 12.4. The van der Waals surface area contributed by atoms with E-state index in [9.17, 15) is 13.2 Å². The molecule has 9 heteroatoms. The Bertz CT molecular complexity index is 968. The third-order valence-corrected chi connectivity index (χ3v) is 6.17. The van der Waals surface area contributed by atoms with Crippen LogP contribution < -0.4 is 10.2 Å². The zero-order valence-electron chi connectivity index (χ0n) is 16.1. The maximum atomic E-state index is 12.7. The Labute approximate surface area is 170 Å². The van der Waals surface area contributed by atoms with E-state index >= 15 is 0 Å². The highest BCUT2D eigenvalue weighted by Crippen LogP contribution is 2.18. The summed E-state index contributed by atoms with van der Waals surface area (Å²) in [6, 6.07) is 13.2. The molecule has 1 saturated heterocycles. The third kappa shape index (κ3) is 5.41. The first kappa shape index (κ1) is 21.0. The number of amides is 1. The van der Waals surface area contributed by atoms with Gasteiger partial charge in [0.25, 0.3) is 5.91 Å². The van der Waals surface area contributed by atoms with E-state index in [-0.39, 0.29) is 10.5 Å². The predicted molar refractivity (Wildman–Crippen MR) is 109 cm³/mol. The number of hydrazone groups is 1. The highest BCUT2D eigenvalue weighted by atomic mass is 32.2. The van der Waals surface area contributed by atoms with Crippen molar-refractivity contribution in [2.45, 2.75) is 11.8 Å². The molecular weight excluding hydrogens is 394 g/mol. The molecule has 1 aliphatic heterocycles. The summed E-state index contributed by atoms with van der Waals surface area (Å²) in [5.74, 6) is 0.262. The fraction of sp³-hybridized carbons (Fsp3) is 0.300. The molecule has 1 N–H and O–H groups in total. The molecule has 0 atom stereocenters. The molecule has 2 aromatic carbocycles. The van der Waals surface area contributed by atoms with E-state index in [1.165, 1.54) is 22.7 Å². The number of carbonyl (C=O) groups is 1. The van der Waals surface area contributed by atoms with Gasteiger partial charge in [0.1, 0.15) is 5.75 Å². The van der Waals surface area contributed by atoms with Crippen LogP contribution in [0, 0.1) is 0 Å². The number of nitrogens with one attached hydrogen (secondary N) is 1. The normalized spacial score (nSPS) is 15.3. The summed E-state index contributed by atoms with van der Waals surface area (Å²) < 4.78 is 37.4. The molecule has 0 spiro atoms. The van der Waals surface area contributed by atoms with Crippen molar-refractivity contribution in [1.82, 2.24) is 9.73 Å². The van der Waals surface area contributed by atoms with E-state index in [1.54, 1.807) is 12.1 Å². The minimum Gasteiger partial charge on any atom is -0.494 e. The van der Waals surface area contributed by atoms with Crippen molar-refractivity contribution in [2.75, 3.05) is 32.9 Å². The number of sulfonamides is 1. The molecule has 0 aliphatic carbocycles. The molecule has 2 aromatic rings. The Balaban J connectivity index is 1.66. The van der Waals surface area contributed by atoms with Crippen LogP contribution in [0.2, 0.25) is 0 Å². The number of morpholine rings is 1. The maximum absolute atomic E-state index is 12.7. The lowest BCUT2D eigenvalue weighted by Gasteiger charge is -2.26. The van der Waals surface area contributed by atoms with Crippen molar-refractivity contribution in [3.63, 3.8) is 0 Å². The molecule has 29 heavy (non-hydrogen) atoms. The van der Waals surface area contributed by atoms with Crippen LogP contribution in [0.3, 0.4) is 0 Å². The number of ether oxygens (including phenoxy) is 2. The molecule has 1 fully saturated rings. The van der Waals surface area contributed by atoms with Gasteiger partial charge in [0.2, 0.25) is 10.0 Å². The van der Waals surface area contributed by atoms with Crippen LogP contribution in [0.4, 0.5) is 0 Å². The molecular formula is C20H23N3O5S.